The first-order chi connectivity index (χ1) is 9.46. The summed E-state index contributed by atoms with van der Waals surface area (Å²) in [5, 5.41) is 5.96. The third-order valence-electron chi connectivity index (χ3n) is 3.78. The van der Waals surface area contributed by atoms with Crippen LogP contribution in [0.5, 0.6) is 0 Å². The Morgan fingerprint density at radius 1 is 1.20 bits per heavy atom. The fraction of sp³-hybridized carbons (Fsp3) is 0.867. The van der Waals surface area contributed by atoms with Crippen LogP contribution >= 0.6 is 0 Å². The van der Waals surface area contributed by atoms with Crippen LogP contribution in [0.15, 0.2) is 0 Å². The molecule has 0 aromatic carbocycles. The summed E-state index contributed by atoms with van der Waals surface area (Å²) in [6, 6.07) is 0. The molecule has 1 aliphatic rings. The fourth-order valence-corrected chi connectivity index (χ4v) is 2.35. The predicted molar refractivity (Wildman–Crippen MR) is 80.4 cm³/mol. The summed E-state index contributed by atoms with van der Waals surface area (Å²) >= 11 is 0. The number of hydrogen-bond donors (Lipinski definition) is 2. The number of rotatable bonds is 6. The van der Waals surface area contributed by atoms with Gasteiger partial charge in [-0.15, -0.1) is 0 Å². The van der Waals surface area contributed by atoms with Crippen LogP contribution in [0.25, 0.3) is 0 Å². The second-order valence-corrected chi connectivity index (χ2v) is 6.35. The molecule has 0 saturated carbocycles. The quantitative estimate of drug-likeness (QED) is 0.568. The van der Waals surface area contributed by atoms with Crippen LogP contribution in [-0.4, -0.2) is 49.4 Å². The first-order valence-electron chi connectivity index (χ1n) is 7.74. The van der Waals surface area contributed by atoms with E-state index in [1.54, 1.807) is 4.90 Å². The van der Waals surface area contributed by atoms with Crippen molar-refractivity contribution >= 4 is 11.8 Å². The van der Waals surface area contributed by atoms with Crippen molar-refractivity contribution in [3.63, 3.8) is 0 Å². The number of hydrogen-bond acceptors (Lipinski definition) is 3. The van der Waals surface area contributed by atoms with Gasteiger partial charge in [-0.3, -0.25) is 9.59 Å². The van der Waals surface area contributed by atoms with E-state index in [-0.39, 0.29) is 5.41 Å². The normalized spacial score (nSPS) is 16.1. The Balaban J connectivity index is 2.32. The van der Waals surface area contributed by atoms with Crippen LogP contribution in [0.1, 0.15) is 46.5 Å². The van der Waals surface area contributed by atoms with Crippen LogP contribution < -0.4 is 10.6 Å². The van der Waals surface area contributed by atoms with Crippen molar-refractivity contribution in [1.29, 1.82) is 0 Å². The minimum Gasteiger partial charge on any atom is -0.347 e. The van der Waals surface area contributed by atoms with Gasteiger partial charge in [0.2, 0.25) is 0 Å². The van der Waals surface area contributed by atoms with Gasteiger partial charge in [0, 0.05) is 32.7 Å². The molecule has 20 heavy (non-hydrogen) atoms. The largest absolute Gasteiger partial charge is 0.347 e. The molecule has 5 nitrogen and oxygen atoms in total. The van der Waals surface area contributed by atoms with Gasteiger partial charge in [0.15, 0.2) is 0 Å². The van der Waals surface area contributed by atoms with E-state index in [2.05, 4.69) is 31.4 Å². The molecule has 0 spiro atoms. The molecule has 1 saturated heterocycles. The molecule has 0 atom stereocenters. The lowest BCUT2D eigenvalue weighted by atomic mass is 9.87. The summed E-state index contributed by atoms with van der Waals surface area (Å²) in [4.78, 5) is 25.5. The molecule has 0 radical (unpaired) electrons. The summed E-state index contributed by atoms with van der Waals surface area (Å²) in [5.41, 5.74) is 0.0502. The smallest absolute Gasteiger partial charge is 0.311 e. The first-order valence-corrected chi connectivity index (χ1v) is 7.74. The average molecular weight is 283 g/mol. The van der Waals surface area contributed by atoms with Crippen molar-refractivity contribution in [3.8, 4) is 0 Å². The second kappa shape index (κ2) is 8.25. The van der Waals surface area contributed by atoms with Crippen molar-refractivity contribution in [3.05, 3.63) is 0 Å². The van der Waals surface area contributed by atoms with Gasteiger partial charge in [-0.25, -0.2) is 0 Å². The summed E-state index contributed by atoms with van der Waals surface area (Å²) in [5.74, 6) is -0.855. The zero-order valence-electron chi connectivity index (χ0n) is 13.1. The van der Waals surface area contributed by atoms with Gasteiger partial charge >= 0.3 is 11.8 Å². The van der Waals surface area contributed by atoms with Crippen molar-refractivity contribution in [2.24, 2.45) is 5.41 Å². The van der Waals surface area contributed by atoms with Gasteiger partial charge < -0.3 is 15.5 Å². The lowest BCUT2D eigenvalue weighted by molar-refractivity contribution is -0.146. The number of nitrogens with zero attached hydrogens (tertiary/aromatic N) is 1. The minimum atomic E-state index is -0.463. The molecule has 2 N–H and O–H groups in total. The van der Waals surface area contributed by atoms with E-state index in [1.165, 1.54) is 19.3 Å². The van der Waals surface area contributed by atoms with Crippen LogP contribution in [0.4, 0.5) is 0 Å². The third-order valence-corrected chi connectivity index (χ3v) is 3.78. The lowest BCUT2D eigenvalue weighted by Gasteiger charge is -2.28. The Morgan fingerprint density at radius 2 is 1.85 bits per heavy atom. The Kier molecular flexibility index (Phi) is 6.99. The van der Waals surface area contributed by atoms with Gasteiger partial charge in [0.1, 0.15) is 0 Å². The fourth-order valence-electron chi connectivity index (χ4n) is 2.35. The van der Waals surface area contributed by atoms with Crippen molar-refractivity contribution in [1.82, 2.24) is 15.5 Å². The maximum Gasteiger partial charge on any atom is 0.311 e. The first kappa shape index (κ1) is 17.0. The lowest BCUT2D eigenvalue weighted by Crippen LogP contribution is -2.52. The molecule has 1 aliphatic heterocycles. The minimum absolute atomic E-state index is 0.0502. The molecule has 2 amide bonds. The van der Waals surface area contributed by atoms with E-state index in [4.69, 9.17) is 0 Å². The van der Waals surface area contributed by atoms with Crippen molar-refractivity contribution in [2.75, 3.05) is 32.7 Å². The SMILES string of the molecule is CCCCCC(C)(C)CNC(=O)C(=O)N1CCNCC1. The molecule has 0 aliphatic carbocycles. The molecule has 0 bridgehead atoms. The van der Waals surface area contributed by atoms with Crippen LogP contribution in [0, 0.1) is 5.41 Å². The Morgan fingerprint density at radius 3 is 2.45 bits per heavy atom. The molecule has 1 fully saturated rings. The Bertz CT molecular complexity index is 323. The topological polar surface area (TPSA) is 61.4 Å². The summed E-state index contributed by atoms with van der Waals surface area (Å²) in [7, 11) is 0. The molecular formula is C15H29N3O2. The van der Waals surface area contributed by atoms with Crippen molar-refractivity contribution in [2.45, 2.75) is 46.5 Å². The molecular weight excluding hydrogens is 254 g/mol. The maximum atomic E-state index is 12.0. The average Bonchev–Trinajstić information content (AvgIpc) is 2.45. The number of carbonyl (C=O) groups is 2. The number of carbonyl (C=O) groups excluding carboxylic acids is 2. The third kappa shape index (κ3) is 5.90. The molecule has 0 aromatic rings. The van der Waals surface area contributed by atoms with Gasteiger partial charge in [-0.2, -0.15) is 0 Å². The van der Waals surface area contributed by atoms with Crippen LogP contribution in [0.2, 0.25) is 0 Å². The zero-order chi connectivity index (χ0) is 15.0. The molecule has 5 heteroatoms. The van der Waals surface area contributed by atoms with Gasteiger partial charge in [0.25, 0.3) is 0 Å². The highest BCUT2D eigenvalue weighted by molar-refractivity contribution is 6.35. The maximum absolute atomic E-state index is 12.0. The second-order valence-electron chi connectivity index (χ2n) is 6.35. The monoisotopic (exact) mass is 283 g/mol. The van der Waals surface area contributed by atoms with E-state index in [0.29, 0.717) is 19.6 Å². The number of amides is 2. The van der Waals surface area contributed by atoms with Gasteiger partial charge in [-0.05, 0) is 11.8 Å². The van der Waals surface area contributed by atoms with E-state index < -0.39 is 11.8 Å². The molecule has 116 valence electrons. The number of piperazine rings is 1. The van der Waals surface area contributed by atoms with E-state index in [1.807, 2.05) is 0 Å². The highest BCUT2D eigenvalue weighted by Gasteiger charge is 2.25. The molecule has 0 aromatic heterocycles. The van der Waals surface area contributed by atoms with Gasteiger partial charge in [-0.1, -0.05) is 40.0 Å². The van der Waals surface area contributed by atoms with Crippen molar-refractivity contribution < 1.29 is 9.59 Å². The summed E-state index contributed by atoms with van der Waals surface area (Å²) in [6.07, 6.45) is 4.66. The Labute approximate surface area is 122 Å². The van der Waals surface area contributed by atoms with Crippen LogP contribution in [-0.2, 0) is 9.59 Å². The highest BCUT2D eigenvalue weighted by atomic mass is 16.2. The number of unbranched alkanes of at least 4 members (excludes halogenated alkanes) is 2. The van der Waals surface area contributed by atoms with E-state index in [9.17, 15) is 9.59 Å². The van der Waals surface area contributed by atoms with E-state index in [0.717, 1.165) is 19.5 Å². The summed E-state index contributed by atoms with van der Waals surface area (Å²) < 4.78 is 0. The molecule has 0 unspecified atom stereocenters. The molecule has 1 rings (SSSR count). The zero-order valence-corrected chi connectivity index (χ0v) is 13.1. The van der Waals surface area contributed by atoms with E-state index >= 15 is 0 Å². The number of nitrogens with one attached hydrogen (secondary N) is 2. The standard InChI is InChI=1S/C15H29N3O2/c1-4-5-6-7-15(2,3)12-17-13(19)14(20)18-10-8-16-9-11-18/h16H,4-12H2,1-3H3,(H,17,19). The Hall–Kier alpha value is -1.10. The molecule has 1 heterocycles. The highest BCUT2D eigenvalue weighted by Crippen LogP contribution is 2.22. The predicted octanol–water partition coefficient (Wildman–Crippen LogP) is 1.14. The van der Waals surface area contributed by atoms with Gasteiger partial charge in [0.05, 0.1) is 0 Å². The van der Waals surface area contributed by atoms with Crippen LogP contribution in [0.3, 0.4) is 0 Å². The summed E-state index contributed by atoms with van der Waals surface area (Å²) in [6.45, 7) is 9.78.